The van der Waals surface area contributed by atoms with E-state index in [1.54, 1.807) is 17.0 Å². The Balaban J connectivity index is 2.08. The van der Waals surface area contributed by atoms with E-state index in [0.717, 1.165) is 10.0 Å². The van der Waals surface area contributed by atoms with Gasteiger partial charge in [0.15, 0.2) is 0 Å². The number of aryl methyl sites for hydroxylation is 1. The minimum atomic E-state index is -0.914. The van der Waals surface area contributed by atoms with Gasteiger partial charge in [-0.1, -0.05) is 22.0 Å². The first-order valence-electron chi connectivity index (χ1n) is 6.36. The lowest BCUT2D eigenvalue weighted by atomic mass is 10.1. The Morgan fingerprint density at radius 2 is 2.25 bits per heavy atom. The number of carbonyl (C=O) groups is 2. The first-order valence-corrected chi connectivity index (χ1v) is 7.15. The maximum atomic E-state index is 12.4. The number of morpholine rings is 1. The number of halogens is 1. The number of amides is 1. The second-order valence-electron chi connectivity index (χ2n) is 4.81. The Bertz CT molecular complexity index is 532. The first kappa shape index (κ1) is 15.0. The number of rotatable bonds is 3. The van der Waals surface area contributed by atoms with Gasteiger partial charge in [-0.25, -0.2) is 0 Å². The molecule has 1 aliphatic rings. The second kappa shape index (κ2) is 6.37. The highest BCUT2D eigenvalue weighted by Crippen LogP contribution is 2.20. The lowest BCUT2D eigenvalue weighted by molar-refractivity contribution is -0.141. The van der Waals surface area contributed by atoms with Gasteiger partial charge in [-0.15, -0.1) is 0 Å². The zero-order chi connectivity index (χ0) is 14.7. The van der Waals surface area contributed by atoms with Crippen LogP contribution < -0.4 is 0 Å². The van der Waals surface area contributed by atoms with Crippen molar-refractivity contribution in [2.45, 2.75) is 19.4 Å². The Hall–Kier alpha value is -1.40. The fraction of sp³-hybridized carbons (Fsp3) is 0.429. The van der Waals surface area contributed by atoms with Crippen LogP contribution in [0.15, 0.2) is 22.7 Å². The largest absolute Gasteiger partial charge is 0.481 e. The minimum Gasteiger partial charge on any atom is -0.481 e. The first-order chi connectivity index (χ1) is 9.47. The monoisotopic (exact) mass is 341 g/mol. The highest BCUT2D eigenvalue weighted by Gasteiger charge is 2.26. The van der Waals surface area contributed by atoms with Crippen molar-refractivity contribution in [1.82, 2.24) is 4.90 Å². The molecule has 0 bridgehead atoms. The summed E-state index contributed by atoms with van der Waals surface area (Å²) in [6.07, 6.45) is -0.513. The molecule has 1 aromatic carbocycles. The lowest BCUT2D eigenvalue weighted by Crippen LogP contribution is -2.46. The summed E-state index contributed by atoms with van der Waals surface area (Å²) in [4.78, 5) is 24.8. The molecular weight excluding hydrogens is 326 g/mol. The van der Waals surface area contributed by atoms with Gasteiger partial charge < -0.3 is 14.7 Å². The molecule has 1 atom stereocenters. The highest BCUT2D eigenvalue weighted by atomic mass is 79.9. The van der Waals surface area contributed by atoms with Crippen LogP contribution in [0.1, 0.15) is 22.3 Å². The van der Waals surface area contributed by atoms with E-state index < -0.39 is 12.1 Å². The van der Waals surface area contributed by atoms with Crippen LogP contribution >= 0.6 is 15.9 Å². The summed E-state index contributed by atoms with van der Waals surface area (Å²) < 4.78 is 6.25. The normalized spacial score (nSPS) is 18.9. The number of carbonyl (C=O) groups excluding carboxylic acids is 1. The molecular formula is C14H16BrNO4. The van der Waals surface area contributed by atoms with Crippen molar-refractivity contribution in [3.05, 3.63) is 33.8 Å². The van der Waals surface area contributed by atoms with Crippen LogP contribution in [0.4, 0.5) is 0 Å². The Kier molecular flexibility index (Phi) is 4.77. The Morgan fingerprint density at radius 3 is 2.90 bits per heavy atom. The van der Waals surface area contributed by atoms with Gasteiger partial charge in [0.2, 0.25) is 0 Å². The van der Waals surface area contributed by atoms with Crippen molar-refractivity contribution in [1.29, 1.82) is 0 Å². The molecule has 2 rings (SSSR count). The number of hydrogen-bond acceptors (Lipinski definition) is 3. The molecule has 1 heterocycles. The highest BCUT2D eigenvalue weighted by molar-refractivity contribution is 9.10. The summed E-state index contributed by atoms with van der Waals surface area (Å²) in [7, 11) is 0. The van der Waals surface area contributed by atoms with Crippen LogP contribution in [-0.4, -0.2) is 47.7 Å². The van der Waals surface area contributed by atoms with Crippen LogP contribution in [0.25, 0.3) is 0 Å². The molecule has 1 fully saturated rings. The van der Waals surface area contributed by atoms with Crippen molar-refractivity contribution in [3.8, 4) is 0 Å². The van der Waals surface area contributed by atoms with Gasteiger partial charge in [0.25, 0.3) is 5.91 Å². The standard InChI is InChI=1S/C14H16BrNO4/c1-9-2-3-10(6-12(9)15)14(19)16-4-5-20-11(8-16)7-13(17)18/h2-3,6,11H,4-5,7-8H2,1H3,(H,17,18). The lowest BCUT2D eigenvalue weighted by Gasteiger charge is -2.32. The van der Waals surface area contributed by atoms with Crippen molar-refractivity contribution in [2.75, 3.05) is 19.7 Å². The van der Waals surface area contributed by atoms with Gasteiger partial charge in [0.05, 0.1) is 19.1 Å². The number of benzene rings is 1. The van der Waals surface area contributed by atoms with Gasteiger partial charge >= 0.3 is 5.97 Å². The zero-order valence-electron chi connectivity index (χ0n) is 11.1. The molecule has 0 aliphatic carbocycles. The maximum absolute atomic E-state index is 12.4. The van der Waals surface area contributed by atoms with Gasteiger partial charge in [0, 0.05) is 23.1 Å². The number of aliphatic carboxylic acids is 1. The molecule has 20 heavy (non-hydrogen) atoms. The van der Waals surface area contributed by atoms with Gasteiger partial charge in [-0.3, -0.25) is 9.59 Å². The van der Waals surface area contributed by atoms with E-state index >= 15 is 0 Å². The quantitative estimate of drug-likeness (QED) is 0.913. The van der Waals surface area contributed by atoms with Crippen LogP contribution in [0.5, 0.6) is 0 Å². The van der Waals surface area contributed by atoms with Crippen molar-refractivity contribution in [3.63, 3.8) is 0 Å². The van der Waals surface area contributed by atoms with E-state index in [0.29, 0.717) is 25.3 Å². The van der Waals surface area contributed by atoms with E-state index in [4.69, 9.17) is 9.84 Å². The molecule has 5 nitrogen and oxygen atoms in total. The zero-order valence-corrected chi connectivity index (χ0v) is 12.7. The third-order valence-electron chi connectivity index (χ3n) is 3.25. The fourth-order valence-electron chi connectivity index (χ4n) is 2.13. The van der Waals surface area contributed by atoms with E-state index in [9.17, 15) is 9.59 Å². The van der Waals surface area contributed by atoms with E-state index in [-0.39, 0.29) is 12.3 Å². The summed E-state index contributed by atoms with van der Waals surface area (Å²) in [5.41, 5.74) is 1.66. The summed E-state index contributed by atoms with van der Waals surface area (Å²) in [5, 5.41) is 8.78. The van der Waals surface area contributed by atoms with Crippen molar-refractivity contribution in [2.24, 2.45) is 0 Å². The van der Waals surface area contributed by atoms with E-state index in [1.807, 2.05) is 13.0 Å². The molecule has 1 N–H and O–H groups in total. The number of ether oxygens (including phenoxy) is 1. The SMILES string of the molecule is Cc1ccc(C(=O)N2CCOC(CC(=O)O)C2)cc1Br. The molecule has 108 valence electrons. The summed E-state index contributed by atoms with van der Waals surface area (Å²) in [6.45, 7) is 3.13. The van der Waals surface area contributed by atoms with Gasteiger partial charge in [-0.2, -0.15) is 0 Å². The van der Waals surface area contributed by atoms with E-state index in [1.165, 1.54) is 0 Å². The third kappa shape index (κ3) is 3.58. The topological polar surface area (TPSA) is 66.8 Å². The molecule has 1 saturated heterocycles. The van der Waals surface area contributed by atoms with E-state index in [2.05, 4.69) is 15.9 Å². The van der Waals surface area contributed by atoms with Crippen molar-refractivity contribution < 1.29 is 19.4 Å². The van der Waals surface area contributed by atoms with Crippen LogP contribution in [-0.2, 0) is 9.53 Å². The van der Waals surface area contributed by atoms with Crippen LogP contribution in [0.3, 0.4) is 0 Å². The molecule has 0 radical (unpaired) electrons. The Morgan fingerprint density at radius 1 is 1.50 bits per heavy atom. The average molecular weight is 342 g/mol. The van der Waals surface area contributed by atoms with Crippen LogP contribution in [0.2, 0.25) is 0 Å². The smallest absolute Gasteiger partial charge is 0.306 e. The molecule has 6 heteroatoms. The number of nitrogens with zero attached hydrogens (tertiary/aromatic N) is 1. The summed E-state index contributed by atoms with van der Waals surface area (Å²) in [6, 6.07) is 5.45. The molecule has 1 aliphatic heterocycles. The molecule has 0 spiro atoms. The Labute approximate surface area is 125 Å². The molecule has 1 unspecified atom stereocenters. The van der Waals surface area contributed by atoms with Gasteiger partial charge in [-0.05, 0) is 24.6 Å². The predicted molar refractivity (Wildman–Crippen MR) is 76.8 cm³/mol. The van der Waals surface area contributed by atoms with Gasteiger partial charge in [0.1, 0.15) is 0 Å². The average Bonchev–Trinajstić information content (AvgIpc) is 2.40. The number of carboxylic acid groups (broad SMARTS) is 1. The van der Waals surface area contributed by atoms with Crippen molar-refractivity contribution >= 4 is 27.8 Å². The summed E-state index contributed by atoms with van der Waals surface area (Å²) >= 11 is 3.41. The third-order valence-corrected chi connectivity index (χ3v) is 4.10. The van der Waals surface area contributed by atoms with Crippen LogP contribution in [0, 0.1) is 6.92 Å². The molecule has 0 aromatic heterocycles. The maximum Gasteiger partial charge on any atom is 0.306 e. The fourth-order valence-corrected chi connectivity index (χ4v) is 2.51. The molecule has 1 aromatic rings. The predicted octanol–water partition coefficient (Wildman–Crippen LogP) is 2.07. The molecule has 1 amide bonds. The number of carboxylic acids is 1. The number of hydrogen-bond donors (Lipinski definition) is 1. The molecule has 0 saturated carbocycles. The second-order valence-corrected chi connectivity index (χ2v) is 5.66. The summed E-state index contributed by atoms with van der Waals surface area (Å²) in [5.74, 6) is -1.01. The minimum absolute atomic E-state index is 0.0820.